The summed E-state index contributed by atoms with van der Waals surface area (Å²) in [5.41, 5.74) is 1.08. The van der Waals surface area contributed by atoms with E-state index < -0.39 is 0 Å². The van der Waals surface area contributed by atoms with Crippen molar-refractivity contribution in [2.75, 3.05) is 24.6 Å². The maximum absolute atomic E-state index is 5.72. The molecule has 0 spiro atoms. The SMILES string of the molecule is c1ccc2sc(N3CCC(COc4cnccn4)C3)nc2c1. The molecule has 22 heavy (non-hydrogen) atoms. The summed E-state index contributed by atoms with van der Waals surface area (Å²) in [5.74, 6) is 1.11. The molecule has 5 nitrogen and oxygen atoms in total. The number of hydrogen-bond donors (Lipinski definition) is 0. The van der Waals surface area contributed by atoms with Gasteiger partial charge in [-0.25, -0.2) is 9.97 Å². The topological polar surface area (TPSA) is 51.1 Å². The molecule has 112 valence electrons. The highest BCUT2D eigenvalue weighted by Crippen LogP contribution is 2.32. The normalized spacial score (nSPS) is 18.0. The van der Waals surface area contributed by atoms with E-state index in [-0.39, 0.29) is 0 Å². The smallest absolute Gasteiger partial charge is 0.232 e. The Balaban J connectivity index is 1.39. The molecule has 0 saturated carbocycles. The minimum absolute atomic E-state index is 0.508. The van der Waals surface area contributed by atoms with Crippen LogP contribution in [0.25, 0.3) is 10.2 Å². The van der Waals surface area contributed by atoms with Crippen molar-refractivity contribution in [1.29, 1.82) is 0 Å². The van der Waals surface area contributed by atoms with E-state index in [1.807, 2.05) is 6.07 Å². The van der Waals surface area contributed by atoms with Gasteiger partial charge in [0.2, 0.25) is 5.88 Å². The summed E-state index contributed by atoms with van der Waals surface area (Å²) >= 11 is 1.76. The number of fused-ring (bicyclic) bond motifs is 1. The molecule has 1 unspecified atom stereocenters. The van der Waals surface area contributed by atoms with Gasteiger partial charge in [0, 0.05) is 31.4 Å². The fourth-order valence-electron chi connectivity index (χ4n) is 2.70. The van der Waals surface area contributed by atoms with E-state index in [9.17, 15) is 0 Å². The summed E-state index contributed by atoms with van der Waals surface area (Å²) in [6.45, 7) is 2.70. The monoisotopic (exact) mass is 312 g/mol. The van der Waals surface area contributed by atoms with Gasteiger partial charge in [-0.05, 0) is 18.6 Å². The van der Waals surface area contributed by atoms with Gasteiger partial charge in [-0.3, -0.25) is 4.98 Å². The molecular weight excluding hydrogens is 296 g/mol. The first-order valence-corrected chi connectivity index (χ1v) is 8.19. The summed E-state index contributed by atoms with van der Waals surface area (Å²) < 4.78 is 6.96. The Bertz CT molecular complexity index is 728. The van der Waals surface area contributed by atoms with Crippen molar-refractivity contribution in [3.8, 4) is 5.88 Å². The zero-order chi connectivity index (χ0) is 14.8. The lowest BCUT2D eigenvalue weighted by molar-refractivity contribution is 0.251. The van der Waals surface area contributed by atoms with E-state index in [1.165, 1.54) is 4.70 Å². The Morgan fingerprint density at radius 1 is 1.27 bits per heavy atom. The zero-order valence-corrected chi connectivity index (χ0v) is 12.9. The summed E-state index contributed by atoms with van der Waals surface area (Å²) in [6.07, 6.45) is 6.07. The first-order chi connectivity index (χ1) is 10.9. The summed E-state index contributed by atoms with van der Waals surface area (Å²) in [7, 11) is 0. The van der Waals surface area contributed by atoms with E-state index in [2.05, 4.69) is 33.1 Å². The van der Waals surface area contributed by atoms with Crippen LogP contribution >= 0.6 is 11.3 Å². The molecule has 1 saturated heterocycles. The van der Waals surface area contributed by atoms with Gasteiger partial charge < -0.3 is 9.64 Å². The molecule has 2 aromatic heterocycles. The molecule has 1 aliphatic rings. The Kier molecular flexibility index (Phi) is 3.60. The summed E-state index contributed by atoms with van der Waals surface area (Å²) in [4.78, 5) is 15.2. The summed E-state index contributed by atoms with van der Waals surface area (Å²) in [6, 6.07) is 8.29. The van der Waals surface area contributed by atoms with Crippen LogP contribution in [0.3, 0.4) is 0 Å². The second-order valence-corrected chi connectivity index (χ2v) is 6.43. The number of rotatable bonds is 4. The first kappa shape index (κ1) is 13.5. The molecule has 1 aliphatic heterocycles. The van der Waals surface area contributed by atoms with Crippen LogP contribution in [-0.4, -0.2) is 34.6 Å². The van der Waals surface area contributed by atoms with Crippen LogP contribution in [0.2, 0.25) is 0 Å². The molecule has 4 rings (SSSR count). The largest absolute Gasteiger partial charge is 0.476 e. The van der Waals surface area contributed by atoms with E-state index in [0.717, 1.165) is 30.2 Å². The van der Waals surface area contributed by atoms with Crippen LogP contribution < -0.4 is 9.64 Å². The number of benzene rings is 1. The molecule has 0 bridgehead atoms. The third-order valence-electron chi connectivity index (χ3n) is 3.85. The number of ether oxygens (including phenoxy) is 1. The maximum atomic E-state index is 5.72. The minimum atomic E-state index is 0.508. The number of anilines is 1. The molecule has 0 N–H and O–H groups in total. The van der Waals surface area contributed by atoms with Crippen LogP contribution in [0.15, 0.2) is 42.9 Å². The molecule has 0 radical (unpaired) electrons. The van der Waals surface area contributed by atoms with Crippen molar-refractivity contribution in [2.24, 2.45) is 5.92 Å². The average molecular weight is 312 g/mol. The third kappa shape index (κ3) is 2.74. The van der Waals surface area contributed by atoms with Gasteiger partial charge in [0.25, 0.3) is 0 Å². The predicted octanol–water partition coefficient (Wildman–Crippen LogP) is 2.99. The van der Waals surface area contributed by atoms with Crippen molar-refractivity contribution in [3.05, 3.63) is 42.9 Å². The van der Waals surface area contributed by atoms with Crippen molar-refractivity contribution >= 4 is 26.7 Å². The van der Waals surface area contributed by atoms with Gasteiger partial charge in [0.05, 0.1) is 23.0 Å². The standard InChI is InChI=1S/C16H16N4OS/c1-2-4-14-13(3-1)19-16(22-14)20-8-5-12(10-20)11-21-15-9-17-6-7-18-15/h1-4,6-7,9,12H,5,8,10-11H2. The van der Waals surface area contributed by atoms with Crippen LogP contribution in [0.5, 0.6) is 5.88 Å². The molecule has 1 fully saturated rings. The number of nitrogens with zero attached hydrogens (tertiary/aromatic N) is 4. The fourth-order valence-corrected chi connectivity index (χ4v) is 3.70. The Hall–Kier alpha value is -2.21. The van der Waals surface area contributed by atoms with Crippen LogP contribution in [-0.2, 0) is 0 Å². The number of thiazole rings is 1. The predicted molar refractivity (Wildman–Crippen MR) is 87.5 cm³/mol. The lowest BCUT2D eigenvalue weighted by Gasteiger charge is -2.15. The lowest BCUT2D eigenvalue weighted by Crippen LogP contribution is -2.21. The molecule has 0 amide bonds. The number of hydrogen-bond acceptors (Lipinski definition) is 6. The second-order valence-electron chi connectivity index (χ2n) is 5.42. The highest BCUT2D eigenvalue weighted by Gasteiger charge is 2.25. The van der Waals surface area contributed by atoms with Gasteiger partial charge >= 0.3 is 0 Å². The van der Waals surface area contributed by atoms with Crippen molar-refractivity contribution in [2.45, 2.75) is 6.42 Å². The van der Waals surface area contributed by atoms with Gasteiger partial charge in [0.15, 0.2) is 5.13 Å². The van der Waals surface area contributed by atoms with Gasteiger partial charge in [-0.1, -0.05) is 23.5 Å². The molecule has 1 atom stereocenters. The van der Waals surface area contributed by atoms with Crippen LogP contribution in [0, 0.1) is 5.92 Å². The van der Waals surface area contributed by atoms with Crippen molar-refractivity contribution in [3.63, 3.8) is 0 Å². The quantitative estimate of drug-likeness (QED) is 0.741. The zero-order valence-electron chi connectivity index (χ0n) is 12.1. The molecular formula is C16H16N4OS. The average Bonchev–Trinajstić information content (AvgIpc) is 3.20. The number of para-hydroxylation sites is 1. The number of aromatic nitrogens is 3. The lowest BCUT2D eigenvalue weighted by atomic mass is 10.1. The fraction of sp³-hybridized carbons (Fsp3) is 0.312. The van der Waals surface area contributed by atoms with Crippen LogP contribution in [0.4, 0.5) is 5.13 Å². The highest BCUT2D eigenvalue weighted by atomic mass is 32.1. The Morgan fingerprint density at radius 2 is 2.23 bits per heavy atom. The molecule has 6 heteroatoms. The van der Waals surface area contributed by atoms with Crippen molar-refractivity contribution in [1.82, 2.24) is 15.0 Å². The van der Waals surface area contributed by atoms with E-state index in [0.29, 0.717) is 18.4 Å². The van der Waals surface area contributed by atoms with Gasteiger partial charge in [-0.15, -0.1) is 0 Å². The van der Waals surface area contributed by atoms with E-state index in [1.54, 1.807) is 29.9 Å². The maximum Gasteiger partial charge on any atom is 0.232 e. The molecule has 3 heterocycles. The molecule has 1 aromatic carbocycles. The van der Waals surface area contributed by atoms with Gasteiger partial charge in [-0.2, -0.15) is 0 Å². The van der Waals surface area contributed by atoms with Crippen molar-refractivity contribution < 1.29 is 4.74 Å². The first-order valence-electron chi connectivity index (χ1n) is 7.38. The van der Waals surface area contributed by atoms with E-state index in [4.69, 9.17) is 9.72 Å². The minimum Gasteiger partial charge on any atom is -0.476 e. The highest BCUT2D eigenvalue weighted by molar-refractivity contribution is 7.22. The Morgan fingerprint density at radius 3 is 3.09 bits per heavy atom. The second kappa shape index (κ2) is 5.88. The van der Waals surface area contributed by atoms with E-state index >= 15 is 0 Å². The van der Waals surface area contributed by atoms with Crippen LogP contribution in [0.1, 0.15) is 6.42 Å². The Labute approximate surface area is 132 Å². The van der Waals surface area contributed by atoms with Gasteiger partial charge in [0.1, 0.15) is 0 Å². The summed E-state index contributed by atoms with van der Waals surface area (Å²) in [5, 5.41) is 1.11. The molecule has 3 aromatic rings. The molecule has 0 aliphatic carbocycles. The third-order valence-corrected chi connectivity index (χ3v) is 4.94.